The summed E-state index contributed by atoms with van der Waals surface area (Å²) in [6.07, 6.45) is 3.04. The van der Waals surface area contributed by atoms with Crippen LogP contribution in [0.15, 0.2) is 48.5 Å². The van der Waals surface area contributed by atoms with Crippen molar-refractivity contribution >= 4 is 41.0 Å². The van der Waals surface area contributed by atoms with Gasteiger partial charge in [0.15, 0.2) is 0 Å². The fourth-order valence-corrected chi connectivity index (χ4v) is 2.83. The van der Waals surface area contributed by atoms with E-state index in [0.29, 0.717) is 35.1 Å². The minimum Gasteiger partial charge on any atom is -0.496 e. The average molecular weight is 372 g/mol. The molecule has 7 heteroatoms. The number of halogens is 1. The van der Waals surface area contributed by atoms with Crippen molar-refractivity contribution in [3.63, 3.8) is 0 Å². The van der Waals surface area contributed by atoms with Crippen LogP contribution in [0.1, 0.15) is 5.56 Å². The summed E-state index contributed by atoms with van der Waals surface area (Å²) < 4.78 is 5.25. The molecule has 0 aliphatic carbocycles. The van der Waals surface area contributed by atoms with Gasteiger partial charge in [-0.05, 0) is 42.5 Å². The van der Waals surface area contributed by atoms with Crippen LogP contribution in [0.5, 0.6) is 5.75 Å². The molecule has 1 aliphatic heterocycles. The Labute approximate surface area is 156 Å². The van der Waals surface area contributed by atoms with Gasteiger partial charge >= 0.3 is 6.03 Å². The molecule has 1 aliphatic rings. The lowest BCUT2D eigenvalue weighted by Crippen LogP contribution is -2.27. The maximum absolute atomic E-state index is 12.2. The van der Waals surface area contributed by atoms with Crippen LogP contribution in [0.2, 0.25) is 5.02 Å². The van der Waals surface area contributed by atoms with E-state index in [1.165, 1.54) is 6.08 Å². The number of hydrogen-bond acceptors (Lipinski definition) is 3. The molecular weight excluding hydrogens is 354 g/mol. The highest BCUT2D eigenvalue weighted by molar-refractivity contribution is 6.30. The predicted octanol–water partition coefficient (Wildman–Crippen LogP) is 3.53. The van der Waals surface area contributed by atoms with E-state index < -0.39 is 0 Å². The van der Waals surface area contributed by atoms with Gasteiger partial charge in [0.25, 0.3) is 0 Å². The molecule has 134 valence electrons. The van der Waals surface area contributed by atoms with Crippen molar-refractivity contribution in [2.45, 2.75) is 0 Å². The molecule has 0 atom stereocenters. The first-order chi connectivity index (χ1) is 12.6. The summed E-state index contributed by atoms with van der Waals surface area (Å²) in [5.74, 6) is 0.329. The molecule has 1 saturated heterocycles. The molecule has 2 aromatic rings. The number of carbonyl (C=O) groups excluding carboxylic acids is 2. The van der Waals surface area contributed by atoms with Crippen molar-refractivity contribution in [2.75, 3.05) is 30.4 Å². The lowest BCUT2D eigenvalue weighted by molar-refractivity contribution is -0.111. The molecular formula is C19H18ClN3O3. The van der Waals surface area contributed by atoms with Gasteiger partial charge in [0.05, 0.1) is 7.11 Å². The van der Waals surface area contributed by atoms with Crippen LogP contribution >= 0.6 is 11.6 Å². The Morgan fingerprint density at radius 1 is 1.31 bits per heavy atom. The Bertz CT molecular complexity index is 867. The SMILES string of the molecule is COc1ccc(Cl)cc1/C=C/C(=O)Nc1cccc(N2CCNC2=O)c1. The van der Waals surface area contributed by atoms with Crippen molar-refractivity contribution in [3.8, 4) is 5.75 Å². The van der Waals surface area contributed by atoms with Gasteiger partial charge in [-0.25, -0.2) is 4.79 Å². The van der Waals surface area contributed by atoms with Gasteiger partial charge in [0.2, 0.25) is 5.91 Å². The number of ether oxygens (including phenoxy) is 1. The second-order valence-electron chi connectivity index (χ2n) is 5.64. The van der Waals surface area contributed by atoms with Gasteiger partial charge in [-0.3, -0.25) is 9.69 Å². The number of nitrogens with one attached hydrogen (secondary N) is 2. The van der Waals surface area contributed by atoms with Crippen molar-refractivity contribution in [2.24, 2.45) is 0 Å². The van der Waals surface area contributed by atoms with Gasteiger partial charge in [-0.1, -0.05) is 17.7 Å². The number of nitrogens with zero attached hydrogens (tertiary/aromatic N) is 1. The monoisotopic (exact) mass is 371 g/mol. The first-order valence-electron chi connectivity index (χ1n) is 8.05. The zero-order valence-corrected chi connectivity index (χ0v) is 14.9. The lowest BCUT2D eigenvalue weighted by Gasteiger charge is -2.15. The van der Waals surface area contributed by atoms with Crippen molar-refractivity contribution < 1.29 is 14.3 Å². The Kier molecular flexibility index (Phi) is 5.43. The number of methoxy groups -OCH3 is 1. The van der Waals surface area contributed by atoms with Crippen molar-refractivity contribution in [1.29, 1.82) is 0 Å². The minimum absolute atomic E-state index is 0.138. The normalized spacial score (nSPS) is 13.8. The molecule has 0 saturated carbocycles. The molecule has 1 heterocycles. The Hall–Kier alpha value is -2.99. The van der Waals surface area contributed by atoms with Crippen LogP contribution in [0, 0.1) is 0 Å². The lowest BCUT2D eigenvalue weighted by atomic mass is 10.2. The molecule has 2 N–H and O–H groups in total. The highest BCUT2D eigenvalue weighted by Crippen LogP contribution is 2.24. The molecule has 0 aromatic heterocycles. The number of rotatable bonds is 5. The second-order valence-corrected chi connectivity index (χ2v) is 6.08. The van der Waals surface area contributed by atoms with E-state index in [1.807, 2.05) is 6.07 Å². The molecule has 6 nitrogen and oxygen atoms in total. The summed E-state index contributed by atoms with van der Waals surface area (Å²) in [4.78, 5) is 25.6. The summed E-state index contributed by atoms with van der Waals surface area (Å²) in [6.45, 7) is 1.21. The van der Waals surface area contributed by atoms with Crippen molar-refractivity contribution in [1.82, 2.24) is 5.32 Å². The molecule has 26 heavy (non-hydrogen) atoms. The fourth-order valence-electron chi connectivity index (χ4n) is 2.65. The van der Waals surface area contributed by atoms with Gasteiger partial charge in [-0.2, -0.15) is 0 Å². The van der Waals surface area contributed by atoms with E-state index in [4.69, 9.17) is 16.3 Å². The van der Waals surface area contributed by atoms with Crippen LogP contribution in [-0.2, 0) is 4.79 Å². The minimum atomic E-state index is -0.296. The van der Waals surface area contributed by atoms with E-state index >= 15 is 0 Å². The van der Waals surface area contributed by atoms with Gasteiger partial charge in [0, 0.05) is 41.1 Å². The molecule has 1 fully saturated rings. The highest BCUT2D eigenvalue weighted by Gasteiger charge is 2.21. The predicted molar refractivity (Wildman–Crippen MR) is 103 cm³/mol. The summed E-state index contributed by atoms with van der Waals surface area (Å²) >= 11 is 5.98. The summed E-state index contributed by atoms with van der Waals surface area (Å²) in [7, 11) is 1.56. The van der Waals surface area contributed by atoms with Crippen LogP contribution in [0.4, 0.5) is 16.2 Å². The van der Waals surface area contributed by atoms with Gasteiger partial charge < -0.3 is 15.4 Å². The summed E-state index contributed by atoms with van der Waals surface area (Å²) in [5, 5.41) is 6.09. The van der Waals surface area contributed by atoms with E-state index in [9.17, 15) is 9.59 Å². The fraction of sp³-hybridized carbons (Fsp3) is 0.158. The third kappa shape index (κ3) is 4.15. The molecule has 0 bridgehead atoms. The maximum Gasteiger partial charge on any atom is 0.321 e. The largest absolute Gasteiger partial charge is 0.496 e. The number of benzene rings is 2. The Morgan fingerprint density at radius 3 is 2.88 bits per heavy atom. The number of hydrogen-bond donors (Lipinski definition) is 2. The van der Waals surface area contributed by atoms with E-state index in [1.54, 1.807) is 54.5 Å². The first-order valence-corrected chi connectivity index (χ1v) is 8.42. The third-order valence-electron chi connectivity index (χ3n) is 3.89. The van der Waals surface area contributed by atoms with Crippen molar-refractivity contribution in [3.05, 3.63) is 59.1 Å². The van der Waals surface area contributed by atoms with Crippen LogP contribution in [0.3, 0.4) is 0 Å². The topological polar surface area (TPSA) is 70.7 Å². The molecule has 0 radical (unpaired) electrons. The zero-order chi connectivity index (χ0) is 18.5. The molecule has 2 aromatic carbocycles. The Balaban J connectivity index is 1.70. The third-order valence-corrected chi connectivity index (χ3v) is 4.12. The summed E-state index contributed by atoms with van der Waals surface area (Å²) in [5.41, 5.74) is 2.05. The standard InChI is InChI=1S/C19H18ClN3O3/c1-26-17-7-6-14(20)11-13(17)5-8-18(24)22-15-3-2-4-16(12-15)23-10-9-21-19(23)25/h2-8,11-12H,9-10H2,1H3,(H,21,25)(H,22,24)/b8-5+. The number of anilines is 2. The maximum atomic E-state index is 12.2. The van der Waals surface area contributed by atoms with Crippen LogP contribution in [-0.4, -0.2) is 32.1 Å². The summed E-state index contributed by atoms with van der Waals surface area (Å²) in [6, 6.07) is 12.2. The molecule has 0 spiro atoms. The van der Waals surface area contributed by atoms with E-state index in [2.05, 4.69) is 10.6 Å². The average Bonchev–Trinajstić information content (AvgIpc) is 3.06. The molecule has 0 unspecified atom stereocenters. The quantitative estimate of drug-likeness (QED) is 0.790. The van der Waals surface area contributed by atoms with Gasteiger partial charge in [0.1, 0.15) is 5.75 Å². The molecule has 3 rings (SSSR count). The molecule has 3 amide bonds. The van der Waals surface area contributed by atoms with Crippen LogP contribution < -0.4 is 20.3 Å². The zero-order valence-electron chi connectivity index (χ0n) is 14.2. The smallest absolute Gasteiger partial charge is 0.321 e. The number of urea groups is 1. The number of amides is 3. The van der Waals surface area contributed by atoms with Gasteiger partial charge in [-0.15, -0.1) is 0 Å². The highest BCUT2D eigenvalue weighted by atomic mass is 35.5. The first kappa shape index (κ1) is 17.8. The second kappa shape index (κ2) is 7.93. The van der Waals surface area contributed by atoms with E-state index in [0.717, 1.165) is 5.69 Å². The Morgan fingerprint density at radius 2 is 2.15 bits per heavy atom. The number of carbonyl (C=O) groups is 2. The van der Waals surface area contributed by atoms with E-state index in [-0.39, 0.29) is 11.9 Å². The van der Waals surface area contributed by atoms with Crippen LogP contribution in [0.25, 0.3) is 6.08 Å².